The van der Waals surface area contributed by atoms with E-state index in [0.29, 0.717) is 0 Å². The average Bonchev–Trinajstić information content (AvgIpc) is 3.57. The van der Waals surface area contributed by atoms with E-state index in [2.05, 4.69) is 186 Å². The Kier molecular flexibility index (Phi) is 6.72. The zero-order chi connectivity index (χ0) is 34.9. The third-order valence-corrected chi connectivity index (χ3v) is 11.4. The van der Waals surface area contributed by atoms with E-state index < -0.39 is 0 Å². The van der Waals surface area contributed by atoms with Crippen LogP contribution in [0.1, 0.15) is 28.2 Å². The molecule has 2 nitrogen and oxygen atoms in total. The first-order valence-electron chi connectivity index (χ1n) is 18.5. The van der Waals surface area contributed by atoms with Crippen molar-refractivity contribution in [1.82, 2.24) is 9.55 Å². The third-order valence-electron chi connectivity index (χ3n) is 11.4. The van der Waals surface area contributed by atoms with Crippen molar-refractivity contribution < 1.29 is 0 Å². The van der Waals surface area contributed by atoms with Gasteiger partial charge in [0.2, 0.25) is 0 Å². The zero-order valence-corrected chi connectivity index (χ0v) is 29.1. The van der Waals surface area contributed by atoms with Crippen LogP contribution in [-0.2, 0) is 6.42 Å². The number of fused-ring (bicyclic) bond motifs is 3. The van der Waals surface area contributed by atoms with E-state index >= 15 is 0 Å². The van der Waals surface area contributed by atoms with E-state index in [1.54, 1.807) is 0 Å². The summed E-state index contributed by atoms with van der Waals surface area (Å²) in [5.74, 6) is 0.238. The number of benzene rings is 6. The normalized spacial score (nSPS) is 15.5. The van der Waals surface area contributed by atoms with E-state index in [9.17, 15) is 0 Å². The average molecular weight is 675 g/mol. The van der Waals surface area contributed by atoms with E-state index in [1.165, 1.54) is 88.7 Å². The second-order valence-electron chi connectivity index (χ2n) is 14.3. The van der Waals surface area contributed by atoms with Crippen LogP contribution in [0.4, 0.5) is 0 Å². The molecule has 2 heterocycles. The van der Waals surface area contributed by atoms with Gasteiger partial charge in [-0.2, -0.15) is 0 Å². The molecule has 0 saturated carbocycles. The van der Waals surface area contributed by atoms with E-state index in [4.69, 9.17) is 0 Å². The molecule has 6 aromatic carbocycles. The van der Waals surface area contributed by atoms with Crippen LogP contribution >= 0.6 is 0 Å². The van der Waals surface area contributed by atoms with Crippen molar-refractivity contribution in [2.75, 3.05) is 0 Å². The first-order chi connectivity index (χ1) is 26.3. The molecule has 0 spiro atoms. The van der Waals surface area contributed by atoms with Crippen LogP contribution in [0, 0.1) is 0 Å². The first kappa shape index (κ1) is 29.9. The van der Waals surface area contributed by atoms with Crippen molar-refractivity contribution in [3.63, 3.8) is 0 Å². The Hall–Kier alpha value is -6.77. The van der Waals surface area contributed by atoms with Crippen LogP contribution in [0.5, 0.6) is 0 Å². The van der Waals surface area contributed by atoms with Gasteiger partial charge >= 0.3 is 0 Å². The molecule has 8 aromatic rings. The van der Waals surface area contributed by atoms with E-state index in [1.807, 2.05) is 12.3 Å². The van der Waals surface area contributed by atoms with Gasteiger partial charge in [-0.15, -0.1) is 0 Å². The highest BCUT2D eigenvalue weighted by Gasteiger charge is 2.34. The fourth-order valence-electron chi connectivity index (χ4n) is 8.95. The molecule has 2 heteroatoms. The molecule has 2 aromatic heterocycles. The maximum atomic E-state index is 4.62. The molecular formula is C51H34N2. The molecule has 0 bridgehead atoms. The molecule has 53 heavy (non-hydrogen) atoms. The van der Waals surface area contributed by atoms with Crippen LogP contribution in [0.2, 0.25) is 0 Å². The summed E-state index contributed by atoms with van der Waals surface area (Å²) in [6.07, 6.45) is 14.6. The summed E-state index contributed by atoms with van der Waals surface area (Å²) in [4.78, 5) is 4.62. The first-order valence-corrected chi connectivity index (χ1v) is 18.5. The lowest BCUT2D eigenvalue weighted by atomic mass is 9.67. The van der Waals surface area contributed by atoms with Crippen molar-refractivity contribution in [3.05, 3.63) is 216 Å². The third kappa shape index (κ3) is 4.76. The van der Waals surface area contributed by atoms with Gasteiger partial charge in [0.15, 0.2) is 0 Å². The SMILES string of the molecule is C1=CC(c2ccc(-c3ccc4c(c3)c3ccccc3n4-c3ccccc3)cc2)=C2C=Cc3ccc(-c4cccc(-c5ccccn5)c4)c4c3C2C1=CC4. The number of hydrogen-bond donors (Lipinski definition) is 0. The molecule has 1 atom stereocenters. The lowest BCUT2D eigenvalue weighted by Gasteiger charge is -2.36. The summed E-state index contributed by atoms with van der Waals surface area (Å²) >= 11 is 0. The molecule has 0 saturated heterocycles. The predicted molar refractivity (Wildman–Crippen MR) is 221 cm³/mol. The molecule has 3 aliphatic carbocycles. The molecule has 3 aliphatic rings. The highest BCUT2D eigenvalue weighted by atomic mass is 15.0. The second-order valence-corrected chi connectivity index (χ2v) is 14.3. The van der Waals surface area contributed by atoms with Gasteiger partial charge in [-0.3, -0.25) is 4.98 Å². The molecule has 0 radical (unpaired) electrons. The lowest BCUT2D eigenvalue weighted by Crippen LogP contribution is -2.19. The van der Waals surface area contributed by atoms with Crippen molar-refractivity contribution >= 4 is 33.5 Å². The molecule has 0 amide bonds. The van der Waals surface area contributed by atoms with Gasteiger partial charge in [0.25, 0.3) is 0 Å². The van der Waals surface area contributed by atoms with Gasteiger partial charge in [0.05, 0.1) is 16.7 Å². The Morgan fingerprint density at radius 2 is 1.32 bits per heavy atom. The standard InChI is InChI=1S/C51H34N2/c1-2-11-40(12-3-1)53-48-15-5-4-13-43(48)46-32-37(24-29-49(46)53)33-16-18-34(19-17-33)41-25-20-35-23-28-45-42(26-21-36-22-27-44(41)50(35)51(36)45)38-9-8-10-39(31-38)47-14-6-7-30-52-47/h1-27,29-32,50H,28H2. The molecule has 11 rings (SSSR count). The van der Waals surface area contributed by atoms with Crippen molar-refractivity contribution in [2.24, 2.45) is 0 Å². The molecule has 1 unspecified atom stereocenters. The number of aromatic nitrogens is 2. The number of allylic oxidation sites excluding steroid dienone is 7. The second kappa shape index (κ2) is 11.9. The highest BCUT2D eigenvalue weighted by Crippen LogP contribution is 2.51. The predicted octanol–water partition coefficient (Wildman–Crippen LogP) is 12.8. The Morgan fingerprint density at radius 1 is 0.528 bits per heavy atom. The molecule has 248 valence electrons. The quantitative estimate of drug-likeness (QED) is 0.178. The van der Waals surface area contributed by atoms with Gasteiger partial charge in [-0.25, -0.2) is 0 Å². The Labute approximate surface area is 309 Å². The van der Waals surface area contributed by atoms with Crippen molar-refractivity contribution in [1.29, 1.82) is 0 Å². The summed E-state index contributed by atoms with van der Waals surface area (Å²) in [6, 6.07) is 55.1. The van der Waals surface area contributed by atoms with Gasteiger partial charge in [-0.05, 0) is 116 Å². The minimum absolute atomic E-state index is 0.238. The van der Waals surface area contributed by atoms with Crippen molar-refractivity contribution in [2.45, 2.75) is 12.3 Å². The number of nitrogens with zero attached hydrogens (tertiary/aromatic N) is 2. The largest absolute Gasteiger partial charge is 0.309 e. The monoisotopic (exact) mass is 674 g/mol. The minimum Gasteiger partial charge on any atom is -0.309 e. The fraction of sp³-hybridized carbons (Fsp3) is 0.0392. The van der Waals surface area contributed by atoms with E-state index in [0.717, 1.165) is 17.7 Å². The summed E-state index contributed by atoms with van der Waals surface area (Å²) in [7, 11) is 0. The van der Waals surface area contributed by atoms with Gasteiger partial charge < -0.3 is 4.57 Å². The summed E-state index contributed by atoms with van der Waals surface area (Å²) < 4.78 is 2.37. The maximum Gasteiger partial charge on any atom is 0.0702 e. The number of rotatable bonds is 5. The minimum atomic E-state index is 0.238. The molecule has 0 aliphatic heterocycles. The molecule has 0 N–H and O–H groups in total. The van der Waals surface area contributed by atoms with Gasteiger partial charge in [0.1, 0.15) is 0 Å². The van der Waals surface area contributed by atoms with Gasteiger partial charge in [0, 0.05) is 34.1 Å². The Morgan fingerprint density at radius 3 is 2.21 bits per heavy atom. The summed E-state index contributed by atoms with van der Waals surface area (Å²) in [6.45, 7) is 0. The van der Waals surface area contributed by atoms with Crippen LogP contribution < -0.4 is 0 Å². The molecule has 0 fully saturated rings. The topological polar surface area (TPSA) is 17.8 Å². The highest BCUT2D eigenvalue weighted by molar-refractivity contribution is 6.10. The molecular weight excluding hydrogens is 641 g/mol. The fourth-order valence-corrected chi connectivity index (χ4v) is 8.95. The van der Waals surface area contributed by atoms with Crippen LogP contribution in [0.25, 0.3) is 72.7 Å². The number of hydrogen-bond acceptors (Lipinski definition) is 1. The number of para-hydroxylation sites is 2. The number of pyridine rings is 1. The Balaban J connectivity index is 0.965. The smallest absolute Gasteiger partial charge is 0.0702 e. The van der Waals surface area contributed by atoms with Crippen LogP contribution in [0.3, 0.4) is 0 Å². The zero-order valence-electron chi connectivity index (χ0n) is 29.1. The van der Waals surface area contributed by atoms with Gasteiger partial charge in [-0.1, -0.05) is 134 Å². The Bertz CT molecular complexity index is 2880. The van der Waals surface area contributed by atoms with Crippen molar-refractivity contribution in [3.8, 4) is 39.2 Å². The van der Waals surface area contributed by atoms with Crippen LogP contribution in [0.15, 0.2) is 193 Å². The summed E-state index contributed by atoms with van der Waals surface area (Å²) in [5, 5.41) is 2.54. The lowest BCUT2D eigenvalue weighted by molar-refractivity contribution is 0.897. The summed E-state index contributed by atoms with van der Waals surface area (Å²) in [5.41, 5.74) is 20.4. The maximum absolute atomic E-state index is 4.62. The van der Waals surface area contributed by atoms with Crippen LogP contribution in [-0.4, -0.2) is 9.55 Å². The van der Waals surface area contributed by atoms with E-state index in [-0.39, 0.29) is 5.92 Å².